The number of hydrogen-bond acceptors (Lipinski definition) is 4. The Kier molecular flexibility index (Phi) is 3.93. The Hall–Kier alpha value is -2.04. The van der Waals surface area contributed by atoms with Gasteiger partial charge in [-0.1, -0.05) is 23.7 Å². The Morgan fingerprint density at radius 1 is 1.13 bits per heavy atom. The highest BCUT2D eigenvalue weighted by molar-refractivity contribution is 6.29. The summed E-state index contributed by atoms with van der Waals surface area (Å²) in [4.78, 5) is 13.4. The molecule has 0 aliphatic heterocycles. The molecule has 0 saturated heterocycles. The molecule has 4 rings (SSSR count). The number of aromatic nitrogens is 3. The summed E-state index contributed by atoms with van der Waals surface area (Å²) in [5, 5.41) is 5.24. The van der Waals surface area contributed by atoms with E-state index >= 15 is 0 Å². The predicted octanol–water partition coefficient (Wildman–Crippen LogP) is 3.85. The second-order valence-corrected chi connectivity index (χ2v) is 6.26. The number of fused-ring (bicyclic) bond motifs is 2. The van der Waals surface area contributed by atoms with Gasteiger partial charge in [-0.3, -0.25) is 9.97 Å². The lowest BCUT2D eigenvalue weighted by molar-refractivity contribution is 0.442. The van der Waals surface area contributed by atoms with Gasteiger partial charge in [-0.2, -0.15) is 0 Å². The highest BCUT2D eigenvalue weighted by Gasteiger charge is 2.21. The van der Waals surface area contributed by atoms with Gasteiger partial charge in [0.25, 0.3) is 0 Å². The summed E-state index contributed by atoms with van der Waals surface area (Å²) < 4.78 is 0. The van der Waals surface area contributed by atoms with E-state index in [9.17, 15) is 0 Å². The van der Waals surface area contributed by atoms with Gasteiger partial charge >= 0.3 is 0 Å². The van der Waals surface area contributed by atoms with E-state index in [1.807, 2.05) is 12.1 Å². The molecule has 1 aliphatic carbocycles. The van der Waals surface area contributed by atoms with E-state index in [0.29, 0.717) is 5.15 Å². The van der Waals surface area contributed by atoms with Gasteiger partial charge in [-0.25, -0.2) is 4.98 Å². The van der Waals surface area contributed by atoms with Crippen LogP contribution in [0.25, 0.3) is 10.9 Å². The average molecular weight is 325 g/mol. The number of rotatable bonds is 3. The minimum atomic E-state index is 0.274. The standard InChI is InChI=1S/C18H17ClN4/c19-17-7-6-13-5-4-12(10-16(13)23-17)11-22-15-3-1-2-14-18(15)21-9-8-20-14/h4-10,15,22H,1-3,11H2. The normalized spacial score (nSPS) is 17.2. The maximum atomic E-state index is 5.98. The molecule has 23 heavy (non-hydrogen) atoms. The van der Waals surface area contributed by atoms with Gasteiger partial charge in [0, 0.05) is 24.3 Å². The number of benzene rings is 1. The van der Waals surface area contributed by atoms with Gasteiger partial charge in [0.1, 0.15) is 5.15 Å². The van der Waals surface area contributed by atoms with E-state index in [-0.39, 0.29) is 6.04 Å². The molecule has 2 heterocycles. The van der Waals surface area contributed by atoms with Crippen LogP contribution in [0.2, 0.25) is 5.15 Å². The highest BCUT2D eigenvalue weighted by Crippen LogP contribution is 2.26. The van der Waals surface area contributed by atoms with Gasteiger partial charge in [-0.15, -0.1) is 0 Å². The topological polar surface area (TPSA) is 50.7 Å². The third-order valence-corrected chi connectivity index (χ3v) is 4.53. The molecule has 0 bridgehead atoms. The third-order valence-electron chi connectivity index (χ3n) is 4.32. The van der Waals surface area contributed by atoms with Crippen molar-refractivity contribution < 1.29 is 0 Å². The zero-order valence-electron chi connectivity index (χ0n) is 12.7. The molecule has 4 nitrogen and oxygen atoms in total. The lowest BCUT2D eigenvalue weighted by Gasteiger charge is -2.24. The van der Waals surface area contributed by atoms with E-state index in [2.05, 4.69) is 38.5 Å². The number of nitrogens with zero attached hydrogens (tertiary/aromatic N) is 3. The van der Waals surface area contributed by atoms with Gasteiger partial charge in [0.2, 0.25) is 0 Å². The third kappa shape index (κ3) is 3.05. The Morgan fingerprint density at radius 2 is 2.00 bits per heavy atom. The summed E-state index contributed by atoms with van der Waals surface area (Å²) in [6.45, 7) is 0.783. The summed E-state index contributed by atoms with van der Waals surface area (Å²) in [5.41, 5.74) is 4.35. The first-order chi connectivity index (χ1) is 11.3. The molecule has 0 saturated carbocycles. The fourth-order valence-electron chi connectivity index (χ4n) is 3.16. The molecule has 1 atom stereocenters. The fraction of sp³-hybridized carbons (Fsp3) is 0.278. The van der Waals surface area contributed by atoms with Gasteiger partial charge < -0.3 is 5.32 Å². The van der Waals surface area contributed by atoms with E-state index in [4.69, 9.17) is 11.6 Å². The molecular formula is C18H17ClN4. The summed E-state index contributed by atoms with van der Waals surface area (Å²) >= 11 is 5.98. The molecule has 0 fully saturated rings. The number of halogens is 1. The number of pyridine rings is 1. The molecule has 0 amide bonds. The van der Waals surface area contributed by atoms with Crippen LogP contribution < -0.4 is 5.32 Å². The Bertz CT molecular complexity index is 849. The quantitative estimate of drug-likeness (QED) is 0.744. The first-order valence-electron chi connectivity index (χ1n) is 7.88. The van der Waals surface area contributed by atoms with Crippen molar-refractivity contribution in [1.29, 1.82) is 0 Å². The first-order valence-corrected chi connectivity index (χ1v) is 8.26. The molecule has 1 aromatic carbocycles. The van der Waals surface area contributed by atoms with Crippen molar-refractivity contribution in [3.8, 4) is 0 Å². The van der Waals surface area contributed by atoms with Crippen molar-refractivity contribution in [2.75, 3.05) is 0 Å². The Balaban J connectivity index is 1.53. The van der Waals surface area contributed by atoms with Crippen molar-refractivity contribution in [3.05, 3.63) is 64.8 Å². The Morgan fingerprint density at radius 3 is 2.96 bits per heavy atom. The van der Waals surface area contributed by atoms with Gasteiger partial charge in [-0.05, 0) is 43.0 Å². The number of nitrogens with one attached hydrogen (secondary N) is 1. The lowest BCUT2D eigenvalue weighted by atomic mass is 9.95. The molecule has 1 aliphatic rings. The van der Waals surface area contributed by atoms with Gasteiger partial charge in [0.05, 0.1) is 22.9 Å². The van der Waals surface area contributed by atoms with Crippen LogP contribution in [0.4, 0.5) is 0 Å². The SMILES string of the molecule is Clc1ccc2ccc(CNC3CCCc4nccnc43)cc2n1. The fourth-order valence-corrected chi connectivity index (χ4v) is 3.31. The summed E-state index contributed by atoms with van der Waals surface area (Å²) in [6, 6.07) is 10.4. The molecule has 0 radical (unpaired) electrons. The first kappa shape index (κ1) is 14.5. The maximum absolute atomic E-state index is 5.98. The van der Waals surface area contributed by atoms with Crippen LogP contribution in [0.3, 0.4) is 0 Å². The zero-order chi connectivity index (χ0) is 15.6. The number of hydrogen-bond donors (Lipinski definition) is 1. The zero-order valence-corrected chi connectivity index (χ0v) is 13.4. The largest absolute Gasteiger partial charge is 0.304 e. The monoisotopic (exact) mass is 324 g/mol. The van der Waals surface area contributed by atoms with Crippen molar-refractivity contribution in [3.63, 3.8) is 0 Å². The van der Waals surface area contributed by atoms with Crippen LogP contribution in [-0.4, -0.2) is 15.0 Å². The van der Waals surface area contributed by atoms with Crippen LogP contribution in [0, 0.1) is 0 Å². The molecule has 2 aromatic heterocycles. The minimum Gasteiger partial charge on any atom is -0.304 e. The lowest BCUT2D eigenvalue weighted by Crippen LogP contribution is -2.26. The Labute approximate surface area is 140 Å². The summed E-state index contributed by atoms with van der Waals surface area (Å²) in [7, 11) is 0. The summed E-state index contributed by atoms with van der Waals surface area (Å²) in [6.07, 6.45) is 6.84. The van der Waals surface area contributed by atoms with Crippen LogP contribution in [0.15, 0.2) is 42.7 Å². The van der Waals surface area contributed by atoms with Crippen molar-refractivity contribution >= 4 is 22.5 Å². The van der Waals surface area contributed by atoms with E-state index in [0.717, 1.165) is 48.1 Å². The molecule has 3 aromatic rings. The second kappa shape index (κ2) is 6.22. The molecule has 0 spiro atoms. The molecule has 1 N–H and O–H groups in total. The van der Waals surface area contributed by atoms with Crippen molar-refractivity contribution in [2.45, 2.75) is 31.8 Å². The smallest absolute Gasteiger partial charge is 0.129 e. The van der Waals surface area contributed by atoms with Crippen molar-refractivity contribution in [1.82, 2.24) is 20.3 Å². The number of aryl methyl sites for hydroxylation is 1. The highest BCUT2D eigenvalue weighted by atomic mass is 35.5. The van der Waals surface area contributed by atoms with Gasteiger partial charge in [0.15, 0.2) is 0 Å². The predicted molar refractivity (Wildman–Crippen MR) is 91.3 cm³/mol. The maximum Gasteiger partial charge on any atom is 0.129 e. The van der Waals surface area contributed by atoms with Crippen molar-refractivity contribution in [2.24, 2.45) is 0 Å². The molecule has 1 unspecified atom stereocenters. The van der Waals surface area contributed by atoms with Crippen LogP contribution >= 0.6 is 11.6 Å². The van der Waals surface area contributed by atoms with E-state index in [1.165, 1.54) is 5.56 Å². The molecule has 116 valence electrons. The average Bonchev–Trinajstić information content (AvgIpc) is 2.59. The second-order valence-electron chi connectivity index (χ2n) is 5.88. The van der Waals surface area contributed by atoms with Crippen LogP contribution in [0.5, 0.6) is 0 Å². The van der Waals surface area contributed by atoms with E-state index in [1.54, 1.807) is 12.4 Å². The summed E-state index contributed by atoms with van der Waals surface area (Å²) in [5.74, 6) is 0. The van der Waals surface area contributed by atoms with E-state index < -0.39 is 0 Å². The van der Waals surface area contributed by atoms with Crippen LogP contribution in [-0.2, 0) is 13.0 Å². The molecule has 5 heteroatoms. The molecular weight excluding hydrogens is 308 g/mol. The minimum absolute atomic E-state index is 0.274. The van der Waals surface area contributed by atoms with Crippen LogP contribution in [0.1, 0.15) is 35.8 Å².